The van der Waals surface area contributed by atoms with Gasteiger partial charge < -0.3 is 15.1 Å². The average Bonchev–Trinajstić information content (AvgIpc) is 3.45. The molecule has 0 aliphatic carbocycles. The van der Waals surface area contributed by atoms with Gasteiger partial charge in [-0.25, -0.2) is 0 Å². The molecule has 3 heterocycles. The lowest BCUT2D eigenvalue weighted by molar-refractivity contribution is 0.287. The maximum absolute atomic E-state index is 5.46. The number of pyridine rings is 1. The summed E-state index contributed by atoms with van der Waals surface area (Å²) < 4.78 is 7.42. The molecule has 0 spiro atoms. The van der Waals surface area contributed by atoms with E-state index in [0.29, 0.717) is 19.0 Å². The Labute approximate surface area is 204 Å². The molecule has 0 saturated carbocycles. The van der Waals surface area contributed by atoms with Crippen molar-refractivity contribution in [3.05, 3.63) is 89.8 Å². The molecule has 0 unspecified atom stereocenters. The van der Waals surface area contributed by atoms with Crippen LogP contribution in [0.4, 0.5) is 0 Å². The van der Waals surface area contributed by atoms with E-state index in [-0.39, 0.29) is 24.0 Å². The van der Waals surface area contributed by atoms with E-state index in [0.717, 1.165) is 30.3 Å². The zero-order valence-electron chi connectivity index (χ0n) is 18.2. The molecule has 4 rings (SSSR count). The lowest BCUT2D eigenvalue weighted by Gasteiger charge is -2.19. The van der Waals surface area contributed by atoms with E-state index < -0.39 is 0 Å². The molecule has 2 N–H and O–H groups in total. The predicted molar refractivity (Wildman–Crippen MR) is 136 cm³/mol. The monoisotopic (exact) mass is 545 g/mol. The standard InChI is InChI=1S/C23H27N7O.HI/c1-24-23(26-15-22-28-27-21-11-5-6-12-30(21)22)25-14-18-8-3-4-9-19(18)16-29(2)17-20-10-7-13-31-20;/h3-13H,14-17H2,1-2H3,(H2,24,25,26);1H. The van der Waals surface area contributed by atoms with Crippen molar-refractivity contribution in [2.45, 2.75) is 26.2 Å². The minimum atomic E-state index is 0. The molecule has 4 aromatic rings. The summed E-state index contributed by atoms with van der Waals surface area (Å²) in [5, 5.41) is 15.2. The Morgan fingerprint density at radius 2 is 1.75 bits per heavy atom. The van der Waals surface area contributed by atoms with Gasteiger partial charge in [-0.3, -0.25) is 14.3 Å². The van der Waals surface area contributed by atoms with Crippen molar-refractivity contribution >= 4 is 35.6 Å². The van der Waals surface area contributed by atoms with E-state index in [9.17, 15) is 0 Å². The highest BCUT2D eigenvalue weighted by Crippen LogP contribution is 2.13. The smallest absolute Gasteiger partial charge is 0.191 e. The van der Waals surface area contributed by atoms with Gasteiger partial charge >= 0.3 is 0 Å². The van der Waals surface area contributed by atoms with E-state index in [2.05, 4.69) is 62.0 Å². The summed E-state index contributed by atoms with van der Waals surface area (Å²) in [6.07, 6.45) is 3.67. The topological polar surface area (TPSA) is 83.0 Å². The first kappa shape index (κ1) is 23.7. The summed E-state index contributed by atoms with van der Waals surface area (Å²) in [7, 11) is 3.86. The summed E-state index contributed by atoms with van der Waals surface area (Å²) in [6.45, 7) is 2.80. The Morgan fingerprint density at radius 1 is 0.969 bits per heavy atom. The summed E-state index contributed by atoms with van der Waals surface area (Å²) in [5.41, 5.74) is 3.32. The third-order valence-electron chi connectivity index (χ3n) is 5.03. The van der Waals surface area contributed by atoms with Gasteiger partial charge in [0.2, 0.25) is 0 Å². The van der Waals surface area contributed by atoms with E-state index >= 15 is 0 Å². The van der Waals surface area contributed by atoms with E-state index in [1.54, 1.807) is 13.3 Å². The predicted octanol–water partition coefficient (Wildman–Crippen LogP) is 3.44. The summed E-state index contributed by atoms with van der Waals surface area (Å²) in [4.78, 5) is 6.57. The van der Waals surface area contributed by atoms with Crippen LogP contribution in [-0.2, 0) is 26.2 Å². The number of aliphatic imine (C=N–C) groups is 1. The largest absolute Gasteiger partial charge is 0.468 e. The van der Waals surface area contributed by atoms with Crippen LogP contribution in [0.15, 0.2) is 76.5 Å². The third-order valence-corrected chi connectivity index (χ3v) is 5.03. The number of nitrogens with zero attached hydrogens (tertiary/aromatic N) is 5. The van der Waals surface area contributed by atoms with Crippen molar-refractivity contribution in [2.75, 3.05) is 14.1 Å². The molecule has 0 aliphatic rings. The number of rotatable bonds is 8. The quantitative estimate of drug-likeness (QED) is 0.201. The Bertz CT molecular complexity index is 1140. The summed E-state index contributed by atoms with van der Waals surface area (Å²) >= 11 is 0. The van der Waals surface area contributed by atoms with Crippen LogP contribution < -0.4 is 10.6 Å². The lowest BCUT2D eigenvalue weighted by Crippen LogP contribution is -2.37. The Morgan fingerprint density at radius 3 is 2.53 bits per heavy atom. The van der Waals surface area contributed by atoms with Crippen molar-refractivity contribution in [3.63, 3.8) is 0 Å². The van der Waals surface area contributed by atoms with Gasteiger partial charge in [0.15, 0.2) is 17.4 Å². The van der Waals surface area contributed by atoms with Crippen LogP contribution in [0.2, 0.25) is 0 Å². The number of furan rings is 1. The van der Waals surface area contributed by atoms with Gasteiger partial charge in [-0.1, -0.05) is 30.3 Å². The van der Waals surface area contributed by atoms with Crippen LogP contribution in [0.1, 0.15) is 22.7 Å². The third kappa shape index (κ3) is 6.07. The number of halogens is 1. The van der Waals surface area contributed by atoms with E-state index in [4.69, 9.17) is 4.42 Å². The molecular weight excluding hydrogens is 517 g/mol. The van der Waals surface area contributed by atoms with E-state index in [1.165, 1.54) is 11.1 Å². The highest BCUT2D eigenvalue weighted by Gasteiger charge is 2.09. The van der Waals surface area contributed by atoms with Gasteiger partial charge in [0.1, 0.15) is 5.76 Å². The van der Waals surface area contributed by atoms with Gasteiger partial charge in [-0.05, 0) is 42.4 Å². The van der Waals surface area contributed by atoms with Crippen molar-refractivity contribution in [1.29, 1.82) is 0 Å². The fourth-order valence-corrected chi connectivity index (χ4v) is 3.47. The molecule has 3 aromatic heterocycles. The lowest BCUT2D eigenvalue weighted by atomic mass is 10.1. The number of hydrogen-bond donors (Lipinski definition) is 2. The number of nitrogens with one attached hydrogen (secondary N) is 2. The van der Waals surface area contributed by atoms with Crippen LogP contribution in [-0.4, -0.2) is 39.6 Å². The molecule has 32 heavy (non-hydrogen) atoms. The number of aromatic nitrogens is 3. The zero-order chi connectivity index (χ0) is 21.5. The molecule has 1 aromatic carbocycles. The number of hydrogen-bond acceptors (Lipinski definition) is 5. The molecule has 0 saturated heterocycles. The molecule has 0 atom stereocenters. The fraction of sp³-hybridized carbons (Fsp3) is 0.261. The van der Waals surface area contributed by atoms with E-state index in [1.807, 2.05) is 40.9 Å². The van der Waals surface area contributed by atoms with Crippen LogP contribution >= 0.6 is 24.0 Å². The van der Waals surface area contributed by atoms with Crippen LogP contribution in [0.5, 0.6) is 0 Å². The van der Waals surface area contributed by atoms with Gasteiger partial charge in [0.25, 0.3) is 0 Å². The van der Waals surface area contributed by atoms with Gasteiger partial charge in [-0.15, -0.1) is 34.2 Å². The number of guanidine groups is 1. The van der Waals surface area contributed by atoms with Gasteiger partial charge in [0.05, 0.1) is 19.4 Å². The molecule has 0 radical (unpaired) electrons. The summed E-state index contributed by atoms with van der Waals surface area (Å²) in [6, 6.07) is 18.2. The Kier molecular flexibility index (Phi) is 8.63. The minimum Gasteiger partial charge on any atom is -0.468 e. The summed E-state index contributed by atoms with van der Waals surface area (Å²) in [5.74, 6) is 2.51. The molecule has 168 valence electrons. The first-order valence-electron chi connectivity index (χ1n) is 10.2. The van der Waals surface area contributed by atoms with Gasteiger partial charge in [-0.2, -0.15) is 0 Å². The van der Waals surface area contributed by atoms with Gasteiger partial charge in [0, 0.05) is 26.3 Å². The molecule has 0 aliphatic heterocycles. The Hall–Kier alpha value is -2.92. The second kappa shape index (κ2) is 11.6. The molecule has 0 bridgehead atoms. The highest BCUT2D eigenvalue weighted by molar-refractivity contribution is 14.0. The first-order valence-corrected chi connectivity index (χ1v) is 10.2. The zero-order valence-corrected chi connectivity index (χ0v) is 20.6. The first-order chi connectivity index (χ1) is 15.2. The number of fused-ring (bicyclic) bond motifs is 1. The normalized spacial score (nSPS) is 11.5. The van der Waals surface area contributed by atoms with Crippen LogP contribution in [0, 0.1) is 0 Å². The minimum absolute atomic E-state index is 0. The molecule has 9 heteroatoms. The van der Waals surface area contributed by atoms with Crippen molar-refractivity contribution in [2.24, 2.45) is 4.99 Å². The van der Waals surface area contributed by atoms with Crippen molar-refractivity contribution < 1.29 is 4.42 Å². The van der Waals surface area contributed by atoms with Crippen molar-refractivity contribution in [1.82, 2.24) is 30.1 Å². The Balaban J connectivity index is 0.00000289. The highest BCUT2D eigenvalue weighted by atomic mass is 127. The SMILES string of the molecule is CN=C(NCc1ccccc1CN(C)Cc1ccco1)NCc1nnc2ccccn12.I. The number of benzene rings is 1. The second-order valence-electron chi connectivity index (χ2n) is 7.34. The average molecular weight is 545 g/mol. The molecular formula is C23H28IN7O. The second-order valence-corrected chi connectivity index (χ2v) is 7.34. The van der Waals surface area contributed by atoms with Crippen LogP contribution in [0.25, 0.3) is 5.65 Å². The maximum atomic E-state index is 5.46. The molecule has 0 fully saturated rings. The van der Waals surface area contributed by atoms with Crippen LogP contribution in [0.3, 0.4) is 0 Å². The molecule has 0 amide bonds. The molecule has 8 nitrogen and oxygen atoms in total. The fourth-order valence-electron chi connectivity index (χ4n) is 3.47. The van der Waals surface area contributed by atoms with Crippen molar-refractivity contribution in [3.8, 4) is 0 Å². The maximum Gasteiger partial charge on any atom is 0.191 e.